The van der Waals surface area contributed by atoms with E-state index in [-0.39, 0.29) is 16.4 Å². The summed E-state index contributed by atoms with van der Waals surface area (Å²) < 4.78 is 0. The van der Waals surface area contributed by atoms with Crippen LogP contribution in [-0.4, -0.2) is 5.54 Å². The molecule has 0 rings (SSSR count). The van der Waals surface area contributed by atoms with Crippen molar-refractivity contribution in [2.45, 2.75) is 53.5 Å². The lowest BCUT2D eigenvalue weighted by molar-refractivity contribution is 0.0794. The molecule has 0 aliphatic carbocycles. The van der Waals surface area contributed by atoms with Gasteiger partial charge in [0.1, 0.15) is 0 Å². The molecule has 0 saturated heterocycles. The first-order valence-electron chi connectivity index (χ1n) is 5.05. The second kappa shape index (κ2) is 3.45. The van der Waals surface area contributed by atoms with Gasteiger partial charge in [0, 0.05) is 11.0 Å². The minimum absolute atomic E-state index is 0.0352. The molecule has 0 aliphatic rings. The fraction of sp³-hybridized carbons (Fsp3) is 0.833. The zero-order valence-electron chi connectivity index (χ0n) is 10.1. The Hall–Kier alpha value is -0.300. The molecule has 0 fully saturated rings. The Morgan fingerprint density at radius 1 is 1.15 bits per heavy atom. The zero-order chi connectivity index (χ0) is 10.9. The highest BCUT2D eigenvalue weighted by molar-refractivity contribution is 5.10. The summed E-state index contributed by atoms with van der Waals surface area (Å²) in [4.78, 5) is 0. The number of hydrogen-bond donors (Lipinski definition) is 1. The molecule has 0 bridgehead atoms. The second-order valence-electron chi connectivity index (χ2n) is 5.37. The van der Waals surface area contributed by atoms with Gasteiger partial charge in [-0.1, -0.05) is 40.7 Å². The SMILES string of the molecule is C=CC(C)(C)C(C)(N)C(C)(C)CC. The molecule has 0 aromatic rings. The number of hydrogen-bond acceptors (Lipinski definition) is 1. The molecule has 1 unspecified atom stereocenters. The van der Waals surface area contributed by atoms with Crippen molar-refractivity contribution in [1.82, 2.24) is 0 Å². The smallest absolute Gasteiger partial charge is 0.0263 e. The van der Waals surface area contributed by atoms with Gasteiger partial charge in [0.25, 0.3) is 0 Å². The van der Waals surface area contributed by atoms with Crippen LogP contribution in [-0.2, 0) is 0 Å². The molecule has 0 aliphatic heterocycles. The zero-order valence-corrected chi connectivity index (χ0v) is 10.1. The van der Waals surface area contributed by atoms with Crippen LogP contribution in [0, 0.1) is 10.8 Å². The Bertz CT molecular complexity index is 187. The van der Waals surface area contributed by atoms with Crippen molar-refractivity contribution >= 4 is 0 Å². The van der Waals surface area contributed by atoms with E-state index in [4.69, 9.17) is 5.73 Å². The van der Waals surface area contributed by atoms with E-state index in [1.165, 1.54) is 0 Å². The van der Waals surface area contributed by atoms with Crippen LogP contribution in [0.3, 0.4) is 0 Å². The van der Waals surface area contributed by atoms with Crippen LogP contribution >= 0.6 is 0 Å². The Balaban J connectivity index is 5.06. The van der Waals surface area contributed by atoms with Gasteiger partial charge in [0.05, 0.1) is 0 Å². The largest absolute Gasteiger partial charge is 0.324 e. The standard InChI is InChI=1S/C12H25N/c1-8-10(3,4)12(7,13)11(5,6)9-2/h8H,1,9,13H2,2-7H3. The third-order valence-electron chi connectivity index (χ3n) is 4.14. The van der Waals surface area contributed by atoms with Gasteiger partial charge in [-0.15, -0.1) is 6.58 Å². The second-order valence-corrected chi connectivity index (χ2v) is 5.37. The van der Waals surface area contributed by atoms with Crippen LogP contribution in [0.4, 0.5) is 0 Å². The normalized spacial score (nSPS) is 18.1. The summed E-state index contributed by atoms with van der Waals surface area (Å²) in [6.07, 6.45) is 3.04. The van der Waals surface area contributed by atoms with Gasteiger partial charge in [-0.25, -0.2) is 0 Å². The highest BCUT2D eigenvalue weighted by Crippen LogP contribution is 2.44. The monoisotopic (exact) mass is 183 g/mol. The summed E-state index contributed by atoms with van der Waals surface area (Å²) in [7, 11) is 0. The highest BCUT2D eigenvalue weighted by atomic mass is 14.8. The van der Waals surface area contributed by atoms with E-state index < -0.39 is 0 Å². The van der Waals surface area contributed by atoms with Crippen LogP contribution < -0.4 is 5.73 Å². The summed E-state index contributed by atoms with van der Waals surface area (Å²) in [5.41, 5.74) is 6.29. The van der Waals surface area contributed by atoms with E-state index in [2.05, 4.69) is 48.1 Å². The molecule has 1 heteroatoms. The van der Waals surface area contributed by atoms with Crippen molar-refractivity contribution in [2.75, 3.05) is 0 Å². The maximum Gasteiger partial charge on any atom is 0.0263 e. The van der Waals surface area contributed by atoms with Crippen LogP contribution in [0.15, 0.2) is 12.7 Å². The lowest BCUT2D eigenvalue weighted by Gasteiger charge is -2.50. The van der Waals surface area contributed by atoms with E-state index in [9.17, 15) is 0 Å². The molecule has 1 nitrogen and oxygen atoms in total. The van der Waals surface area contributed by atoms with Gasteiger partial charge in [-0.2, -0.15) is 0 Å². The predicted octanol–water partition coefficient (Wildman–Crippen LogP) is 3.35. The quantitative estimate of drug-likeness (QED) is 0.665. The van der Waals surface area contributed by atoms with Gasteiger partial charge < -0.3 is 5.73 Å². The van der Waals surface area contributed by atoms with Crippen LogP contribution in [0.25, 0.3) is 0 Å². The third kappa shape index (κ3) is 1.96. The molecule has 0 radical (unpaired) electrons. The molecule has 13 heavy (non-hydrogen) atoms. The van der Waals surface area contributed by atoms with Gasteiger partial charge in [0.15, 0.2) is 0 Å². The predicted molar refractivity (Wildman–Crippen MR) is 60.6 cm³/mol. The highest BCUT2D eigenvalue weighted by Gasteiger charge is 2.45. The van der Waals surface area contributed by atoms with Crippen LogP contribution in [0.2, 0.25) is 0 Å². The average molecular weight is 183 g/mol. The number of nitrogens with two attached hydrogens (primary N) is 1. The molecule has 78 valence electrons. The van der Waals surface area contributed by atoms with Gasteiger partial charge in [-0.05, 0) is 18.8 Å². The minimum Gasteiger partial charge on any atom is -0.324 e. The van der Waals surface area contributed by atoms with Crippen LogP contribution in [0.5, 0.6) is 0 Å². The lowest BCUT2D eigenvalue weighted by atomic mass is 9.59. The van der Waals surface area contributed by atoms with Crippen LogP contribution in [0.1, 0.15) is 48.0 Å². The average Bonchev–Trinajstić information content (AvgIpc) is 2.03. The fourth-order valence-corrected chi connectivity index (χ4v) is 1.45. The summed E-state index contributed by atoms with van der Waals surface area (Å²) in [5.74, 6) is 0. The molecule has 0 saturated carbocycles. The Morgan fingerprint density at radius 2 is 1.54 bits per heavy atom. The first-order valence-corrected chi connectivity index (χ1v) is 5.05. The fourth-order valence-electron chi connectivity index (χ4n) is 1.45. The van der Waals surface area contributed by atoms with E-state index in [1.807, 2.05) is 6.08 Å². The molecule has 0 aromatic carbocycles. The summed E-state index contributed by atoms with van der Waals surface area (Å²) >= 11 is 0. The van der Waals surface area contributed by atoms with E-state index in [1.54, 1.807) is 0 Å². The van der Waals surface area contributed by atoms with Crippen molar-refractivity contribution in [3.8, 4) is 0 Å². The third-order valence-corrected chi connectivity index (χ3v) is 4.14. The maximum atomic E-state index is 6.42. The van der Waals surface area contributed by atoms with Crippen molar-refractivity contribution in [3.05, 3.63) is 12.7 Å². The van der Waals surface area contributed by atoms with Crippen molar-refractivity contribution in [1.29, 1.82) is 0 Å². The first kappa shape index (κ1) is 12.7. The Morgan fingerprint density at radius 3 is 1.77 bits per heavy atom. The molecular weight excluding hydrogens is 158 g/mol. The topological polar surface area (TPSA) is 26.0 Å². The van der Waals surface area contributed by atoms with Gasteiger partial charge in [0.2, 0.25) is 0 Å². The van der Waals surface area contributed by atoms with Gasteiger partial charge >= 0.3 is 0 Å². The Labute approximate surface area is 83.4 Å². The van der Waals surface area contributed by atoms with E-state index in [0.29, 0.717) is 0 Å². The lowest BCUT2D eigenvalue weighted by Crippen LogP contribution is -2.59. The van der Waals surface area contributed by atoms with Gasteiger partial charge in [-0.3, -0.25) is 0 Å². The molecule has 2 N–H and O–H groups in total. The molecular formula is C12H25N. The van der Waals surface area contributed by atoms with E-state index in [0.717, 1.165) is 6.42 Å². The minimum atomic E-state index is -0.226. The summed E-state index contributed by atoms with van der Waals surface area (Å²) in [6, 6.07) is 0. The Kier molecular flexibility index (Phi) is 3.37. The van der Waals surface area contributed by atoms with E-state index >= 15 is 0 Å². The van der Waals surface area contributed by atoms with Crippen molar-refractivity contribution < 1.29 is 0 Å². The van der Waals surface area contributed by atoms with Crippen molar-refractivity contribution in [3.63, 3.8) is 0 Å². The molecule has 0 aromatic heterocycles. The molecule has 1 atom stereocenters. The summed E-state index contributed by atoms with van der Waals surface area (Å²) in [6.45, 7) is 16.9. The summed E-state index contributed by atoms with van der Waals surface area (Å²) in [5, 5.41) is 0. The first-order chi connectivity index (χ1) is 5.62. The van der Waals surface area contributed by atoms with Crippen molar-refractivity contribution in [2.24, 2.45) is 16.6 Å². The molecule has 0 heterocycles. The maximum absolute atomic E-state index is 6.42. The number of rotatable bonds is 4. The molecule has 0 amide bonds. The molecule has 0 spiro atoms.